The molecule has 0 saturated heterocycles. The van der Waals surface area contributed by atoms with E-state index in [1.807, 2.05) is 0 Å². The number of anilines is 1. The van der Waals surface area contributed by atoms with Gasteiger partial charge in [0.25, 0.3) is 5.56 Å². The molecule has 1 aliphatic rings. The second kappa shape index (κ2) is 5.39. The molecule has 0 aliphatic heterocycles. The van der Waals surface area contributed by atoms with Crippen molar-refractivity contribution in [3.63, 3.8) is 0 Å². The lowest BCUT2D eigenvalue weighted by Crippen LogP contribution is -2.32. The molecule has 1 aromatic heterocycles. The molecule has 0 unspecified atom stereocenters. The number of hydrogen-bond donors (Lipinski definition) is 2. The van der Waals surface area contributed by atoms with Gasteiger partial charge in [0, 0.05) is 13.6 Å². The summed E-state index contributed by atoms with van der Waals surface area (Å²) in [5, 5.41) is 9.49. The van der Waals surface area contributed by atoms with Crippen LogP contribution in [0.2, 0.25) is 5.02 Å². The van der Waals surface area contributed by atoms with Gasteiger partial charge in [-0.15, -0.1) is 0 Å². The van der Waals surface area contributed by atoms with E-state index in [-0.39, 0.29) is 23.0 Å². The van der Waals surface area contributed by atoms with Gasteiger partial charge in [0.2, 0.25) is 5.91 Å². The topological polar surface area (TPSA) is 76.0 Å². The zero-order chi connectivity index (χ0) is 13.1. The summed E-state index contributed by atoms with van der Waals surface area (Å²) in [6, 6.07) is 0. The van der Waals surface area contributed by atoms with Crippen LogP contribution in [0.25, 0.3) is 0 Å². The lowest BCUT2D eigenvalue weighted by molar-refractivity contribution is -0.119. The molecule has 0 spiro atoms. The molecule has 7 heteroatoms. The van der Waals surface area contributed by atoms with E-state index in [4.69, 9.17) is 11.6 Å². The summed E-state index contributed by atoms with van der Waals surface area (Å²) >= 11 is 5.85. The van der Waals surface area contributed by atoms with Crippen molar-refractivity contribution in [2.45, 2.75) is 12.8 Å². The highest BCUT2D eigenvalue weighted by Crippen LogP contribution is 2.27. The molecule has 2 N–H and O–H groups in total. The minimum atomic E-state index is -0.389. The predicted octanol–water partition coefficient (Wildman–Crippen LogP) is 0.372. The number of nitrogens with one attached hydrogen (secondary N) is 2. The fourth-order valence-corrected chi connectivity index (χ4v) is 1.69. The number of halogens is 1. The van der Waals surface area contributed by atoms with E-state index in [9.17, 15) is 9.59 Å². The first-order valence-electron chi connectivity index (χ1n) is 5.80. The van der Waals surface area contributed by atoms with Gasteiger partial charge < -0.3 is 10.6 Å². The van der Waals surface area contributed by atoms with Crippen LogP contribution >= 0.6 is 11.6 Å². The van der Waals surface area contributed by atoms with Crippen LogP contribution in [0.3, 0.4) is 0 Å². The standard InChI is InChI=1S/C11H15ClN4O2/c1-16-11(18)10(12)8(5-15-16)13-6-9(17)14-4-7-2-3-7/h5,7,13H,2-4,6H2,1H3,(H,14,17). The number of aromatic nitrogens is 2. The van der Waals surface area contributed by atoms with Gasteiger partial charge in [-0.25, -0.2) is 4.68 Å². The second-order valence-corrected chi connectivity index (χ2v) is 4.78. The Morgan fingerprint density at radius 2 is 2.33 bits per heavy atom. The van der Waals surface area contributed by atoms with E-state index in [0.29, 0.717) is 11.6 Å². The second-order valence-electron chi connectivity index (χ2n) is 4.40. The molecule has 6 nitrogen and oxygen atoms in total. The minimum Gasteiger partial charge on any atom is -0.373 e. The van der Waals surface area contributed by atoms with Gasteiger partial charge in [0.05, 0.1) is 18.4 Å². The quantitative estimate of drug-likeness (QED) is 0.811. The summed E-state index contributed by atoms with van der Waals surface area (Å²) in [6.07, 6.45) is 3.81. The van der Waals surface area contributed by atoms with E-state index in [0.717, 1.165) is 11.2 Å². The van der Waals surface area contributed by atoms with Crippen molar-refractivity contribution in [2.24, 2.45) is 13.0 Å². The van der Waals surface area contributed by atoms with Crippen LogP contribution in [-0.2, 0) is 11.8 Å². The van der Waals surface area contributed by atoms with Crippen molar-refractivity contribution >= 4 is 23.2 Å². The molecule has 1 heterocycles. The molecule has 0 bridgehead atoms. The Morgan fingerprint density at radius 3 is 3.00 bits per heavy atom. The molecule has 0 radical (unpaired) electrons. The number of aryl methyl sites for hydroxylation is 1. The summed E-state index contributed by atoms with van der Waals surface area (Å²) in [7, 11) is 1.51. The smallest absolute Gasteiger partial charge is 0.287 e. The van der Waals surface area contributed by atoms with E-state index in [1.165, 1.54) is 26.1 Å². The minimum absolute atomic E-state index is 0.0440. The van der Waals surface area contributed by atoms with Gasteiger partial charge >= 0.3 is 0 Å². The van der Waals surface area contributed by atoms with Crippen LogP contribution in [0.1, 0.15) is 12.8 Å². The lowest BCUT2D eigenvalue weighted by atomic mass is 10.4. The summed E-state index contributed by atoms with van der Waals surface area (Å²) in [6.45, 7) is 0.810. The van der Waals surface area contributed by atoms with Crippen molar-refractivity contribution in [3.8, 4) is 0 Å². The Bertz CT molecular complexity index is 510. The lowest BCUT2D eigenvalue weighted by Gasteiger charge is -2.08. The van der Waals surface area contributed by atoms with Crippen LogP contribution < -0.4 is 16.2 Å². The number of hydrogen-bond acceptors (Lipinski definition) is 4. The van der Waals surface area contributed by atoms with Gasteiger partial charge in [-0.05, 0) is 18.8 Å². The molecule has 98 valence electrons. The van der Waals surface area contributed by atoms with Crippen molar-refractivity contribution < 1.29 is 4.79 Å². The Labute approximate surface area is 109 Å². The zero-order valence-electron chi connectivity index (χ0n) is 10.1. The molecule has 1 aliphatic carbocycles. The van der Waals surface area contributed by atoms with Gasteiger partial charge in [0.1, 0.15) is 5.02 Å². The molecule has 0 atom stereocenters. The molecule has 18 heavy (non-hydrogen) atoms. The fraction of sp³-hybridized carbons (Fsp3) is 0.545. The Balaban J connectivity index is 1.87. The SMILES string of the molecule is Cn1ncc(NCC(=O)NCC2CC2)c(Cl)c1=O. The van der Waals surface area contributed by atoms with Crippen LogP contribution in [0.4, 0.5) is 5.69 Å². The third-order valence-corrected chi connectivity index (χ3v) is 3.17. The van der Waals surface area contributed by atoms with Gasteiger partial charge in [-0.2, -0.15) is 5.10 Å². The normalized spacial score (nSPS) is 14.3. The first kappa shape index (κ1) is 12.9. The number of carbonyl (C=O) groups excluding carboxylic acids is 1. The largest absolute Gasteiger partial charge is 0.373 e. The third kappa shape index (κ3) is 3.22. The number of carbonyl (C=O) groups is 1. The highest BCUT2D eigenvalue weighted by molar-refractivity contribution is 6.33. The highest BCUT2D eigenvalue weighted by Gasteiger charge is 2.21. The van der Waals surface area contributed by atoms with Crippen LogP contribution in [0.5, 0.6) is 0 Å². The zero-order valence-corrected chi connectivity index (χ0v) is 10.8. The Hall–Kier alpha value is -1.56. The van der Waals surface area contributed by atoms with Crippen LogP contribution in [0.15, 0.2) is 11.0 Å². The van der Waals surface area contributed by atoms with Gasteiger partial charge in [-0.3, -0.25) is 9.59 Å². The maximum absolute atomic E-state index is 11.5. The maximum atomic E-state index is 11.5. The van der Waals surface area contributed by atoms with Crippen molar-refractivity contribution in [1.29, 1.82) is 0 Å². The van der Waals surface area contributed by atoms with E-state index in [2.05, 4.69) is 15.7 Å². The summed E-state index contributed by atoms with van der Waals surface area (Å²) in [5.41, 5.74) is -0.0126. The van der Waals surface area contributed by atoms with Gasteiger partial charge in [-0.1, -0.05) is 11.6 Å². The van der Waals surface area contributed by atoms with E-state index in [1.54, 1.807) is 0 Å². The van der Waals surface area contributed by atoms with Crippen molar-refractivity contribution in [3.05, 3.63) is 21.6 Å². The molecule has 0 aromatic carbocycles. The molecule has 1 fully saturated rings. The molecule has 1 saturated carbocycles. The number of amides is 1. The molecule has 1 aromatic rings. The van der Waals surface area contributed by atoms with Crippen molar-refractivity contribution in [2.75, 3.05) is 18.4 Å². The van der Waals surface area contributed by atoms with E-state index < -0.39 is 0 Å². The molecular weight excluding hydrogens is 256 g/mol. The highest BCUT2D eigenvalue weighted by atomic mass is 35.5. The molecule has 1 amide bonds. The van der Waals surface area contributed by atoms with E-state index >= 15 is 0 Å². The summed E-state index contributed by atoms with van der Waals surface area (Å²) in [5.74, 6) is 0.530. The first-order chi connectivity index (χ1) is 8.58. The maximum Gasteiger partial charge on any atom is 0.287 e. The Kier molecular flexibility index (Phi) is 3.86. The van der Waals surface area contributed by atoms with Gasteiger partial charge in [0.15, 0.2) is 0 Å². The monoisotopic (exact) mass is 270 g/mol. The average molecular weight is 271 g/mol. The fourth-order valence-electron chi connectivity index (χ4n) is 1.45. The molecular formula is C11H15ClN4O2. The first-order valence-corrected chi connectivity index (χ1v) is 6.18. The summed E-state index contributed by atoms with van der Waals surface area (Å²) < 4.78 is 1.14. The summed E-state index contributed by atoms with van der Waals surface area (Å²) in [4.78, 5) is 23.0. The molecule has 2 rings (SSSR count). The third-order valence-electron chi connectivity index (χ3n) is 2.80. The number of nitrogens with zero attached hydrogens (tertiary/aromatic N) is 2. The van der Waals surface area contributed by atoms with Crippen LogP contribution in [-0.4, -0.2) is 28.8 Å². The number of rotatable bonds is 5. The Morgan fingerprint density at radius 1 is 1.61 bits per heavy atom. The predicted molar refractivity (Wildman–Crippen MR) is 68.7 cm³/mol. The van der Waals surface area contributed by atoms with Crippen molar-refractivity contribution in [1.82, 2.24) is 15.1 Å². The van der Waals surface area contributed by atoms with Crippen LogP contribution in [0, 0.1) is 5.92 Å². The average Bonchev–Trinajstić information content (AvgIpc) is 3.16.